The predicted octanol–water partition coefficient (Wildman–Crippen LogP) is 2.52. The summed E-state index contributed by atoms with van der Waals surface area (Å²) in [6, 6.07) is 3.65. The zero-order chi connectivity index (χ0) is 16.2. The van der Waals surface area contributed by atoms with Gasteiger partial charge in [0.05, 0.1) is 10.9 Å². The number of nitrogens with zero attached hydrogens (tertiary/aromatic N) is 4. The summed E-state index contributed by atoms with van der Waals surface area (Å²) in [4.78, 5) is 14.4. The van der Waals surface area contributed by atoms with Crippen LogP contribution in [-0.2, 0) is 4.79 Å². The summed E-state index contributed by atoms with van der Waals surface area (Å²) in [6.07, 6.45) is 5.82. The molecule has 3 rings (SSSR count). The maximum absolute atomic E-state index is 12.3. The molecule has 7 heteroatoms. The number of nitrogens with one attached hydrogen (secondary N) is 1. The van der Waals surface area contributed by atoms with Gasteiger partial charge < -0.3 is 10.2 Å². The maximum atomic E-state index is 12.3. The minimum atomic E-state index is 0.00661. The van der Waals surface area contributed by atoms with Gasteiger partial charge in [-0.15, -0.1) is 10.2 Å². The van der Waals surface area contributed by atoms with Crippen molar-refractivity contribution in [2.24, 2.45) is 5.92 Å². The van der Waals surface area contributed by atoms with E-state index < -0.39 is 0 Å². The Morgan fingerprint density at radius 1 is 1.43 bits per heavy atom. The number of piperidine rings is 1. The number of aromatic nitrogens is 3. The van der Waals surface area contributed by atoms with Gasteiger partial charge in [0.25, 0.3) is 0 Å². The number of carbonyl (C=O) groups excluding carboxylic acids is 1. The Balaban J connectivity index is 1.72. The van der Waals surface area contributed by atoms with Gasteiger partial charge in [0.2, 0.25) is 11.9 Å². The smallest absolute Gasteiger partial charge is 0.231 e. The van der Waals surface area contributed by atoms with Gasteiger partial charge in [0, 0.05) is 25.8 Å². The SMILES string of the molecule is CCCCNC(=O)[C@H]1CCCN(c2nnc3ccc(Cl)cn23)C1. The quantitative estimate of drug-likeness (QED) is 0.853. The lowest BCUT2D eigenvalue weighted by atomic mass is 9.97. The van der Waals surface area contributed by atoms with Crippen LogP contribution in [0.3, 0.4) is 0 Å². The first-order valence-electron chi connectivity index (χ1n) is 8.22. The van der Waals surface area contributed by atoms with Gasteiger partial charge >= 0.3 is 0 Å². The fraction of sp³-hybridized carbons (Fsp3) is 0.562. The molecule has 1 N–H and O–H groups in total. The lowest BCUT2D eigenvalue weighted by Gasteiger charge is -2.32. The van der Waals surface area contributed by atoms with E-state index in [4.69, 9.17) is 11.6 Å². The third kappa shape index (κ3) is 3.58. The molecule has 1 aliphatic heterocycles. The lowest BCUT2D eigenvalue weighted by molar-refractivity contribution is -0.125. The second-order valence-electron chi connectivity index (χ2n) is 6.01. The van der Waals surface area contributed by atoms with Crippen LogP contribution in [0.2, 0.25) is 5.02 Å². The molecule has 2 aromatic heterocycles. The van der Waals surface area contributed by atoms with E-state index in [2.05, 4.69) is 27.3 Å². The highest BCUT2D eigenvalue weighted by Crippen LogP contribution is 2.23. The predicted molar refractivity (Wildman–Crippen MR) is 90.9 cm³/mol. The molecule has 0 aromatic carbocycles. The van der Waals surface area contributed by atoms with Crippen molar-refractivity contribution in [3.8, 4) is 0 Å². The molecule has 1 amide bonds. The highest BCUT2D eigenvalue weighted by atomic mass is 35.5. The van der Waals surface area contributed by atoms with Crippen LogP contribution in [0.4, 0.5) is 5.95 Å². The topological polar surface area (TPSA) is 62.5 Å². The lowest BCUT2D eigenvalue weighted by Crippen LogP contribution is -2.44. The molecule has 1 fully saturated rings. The average molecular weight is 336 g/mol. The second-order valence-corrected chi connectivity index (χ2v) is 6.44. The molecular formula is C16H22ClN5O. The Bertz CT molecular complexity index is 686. The van der Waals surface area contributed by atoms with E-state index in [0.717, 1.165) is 50.4 Å². The minimum Gasteiger partial charge on any atom is -0.356 e. The van der Waals surface area contributed by atoms with Crippen LogP contribution in [0.1, 0.15) is 32.6 Å². The summed E-state index contributed by atoms with van der Waals surface area (Å²) in [6.45, 7) is 4.43. The number of anilines is 1. The summed E-state index contributed by atoms with van der Waals surface area (Å²) in [5.74, 6) is 0.913. The van der Waals surface area contributed by atoms with E-state index in [9.17, 15) is 4.79 Å². The molecule has 3 heterocycles. The standard InChI is InChI=1S/C16H22ClN5O/c1-2-3-8-18-15(23)12-5-4-9-21(10-12)16-20-19-14-7-6-13(17)11-22(14)16/h6-7,11-12H,2-5,8-10H2,1H3,(H,18,23)/t12-/m0/s1. The van der Waals surface area contributed by atoms with E-state index >= 15 is 0 Å². The van der Waals surface area contributed by atoms with Gasteiger partial charge in [-0.3, -0.25) is 9.20 Å². The first kappa shape index (κ1) is 16.1. The van der Waals surface area contributed by atoms with Crippen molar-refractivity contribution >= 4 is 29.1 Å². The molecule has 0 bridgehead atoms. The second kappa shape index (κ2) is 7.17. The number of fused-ring (bicyclic) bond motifs is 1. The highest BCUT2D eigenvalue weighted by molar-refractivity contribution is 6.30. The van der Waals surface area contributed by atoms with Gasteiger partial charge in [0.15, 0.2) is 5.65 Å². The third-order valence-electron chi connectivity index (χ3n) is 4.25. The van der Waals surface area contributed by atoms with Crippen LogP contribution in [0.25, 0.3) is 5.65 Å². The first-order valence-corrected chi connectivity index (χ1v) is 8.59. The fourth-order valence-corrected chi connectivity index (χ4v) is 3.13. The van der Waals surface area contributed by atoms with Crippen molar-refractivity contribution in [1.29, 1.82) is 0 Å². The van der Waals surface area contributed by atoms with E-state index in [1.807, 2.05) is 16.7 Å². The molecular weight excluding hydrogens is 314 g/mol. The molecule has 1 aliphatic rings. The van der Waals surface area contributed by atoms with E-state index in [0.29, 0.717) is 11.6 Å². The molecule has 0 radical (unpaired) electrons. The van der Waals surface area contributed by atoms with Crippen LogP contribution in [0.15, 0.2) is 18.3 Å². The number of pyridine rings is 1. The number of hydrogen-bond acceptors (Lipinski definition) is 4. The van der Waals surface area contributed by atoms with Gasteiger partial charge in [-0.25, -0.2) is 0 Å². The van der Waals surface area contributed by atoms with E-state index in [1.54, 1.807) is 6.07 Å². The van der Waals surface area contributed by atoms with Gasteiger partial charge in [-0.1, -0.05) is 24.9 Å². The van der Waals surface area contributed by atoms with Crippen LogP contribution < -0.4 is 10.2 Å². The molecule has 6 nitrogen and oxygen atoms in total. The molecule has 2 aromatic rings. The Morgan fingerprint density at radius 2 is 2.30 bits per heavy atom. The maximum Gasteiger partial charge on any atom is 0.231 e. The average Bonchev–Trinajstić information content (AvgIpc) is 2.98. The van der Waals surface area contributed by atoms with Gasteiger partial charge in [-0.05, 0) is 31.4 Å². The normalized spacial score (nSPS) is 18.3. The Morgan fingerprint density at radius 3 is 3.13 bits per heavy atom. The first-order chi connectivity index (χ1) is 11.2. The van der Waals surface area contributed by atoms with Crippen LogP contribution in [0.5, 0.6) is 0 Å². The molecule has 0 spiro atoms. The van der Waals surface area contributed by atoms with Crippen molar-refractivity contribution in [3.05, 3.63) is 23.4 Å². The number of rotatable bonds is 5. The highest BCUT2D eigenvalue weighted by Gasteiger charge is 2.27. The molecule has 124 valence electrons. The molecule has 0 saturated carbocycles. The zero-order valence-corrected chi connectivity index (χ0v) is 14.1. The van der Waals surface area contributed by atoms with Crippen molar-refractivity contribution < 1.29 is 4.79 Å². The minimum absolute atomic E-state index is 0.00661. The number of hydrogen-bond donors (Lipinski definition) is 1. The number of carbonyl (C=O) groups is 1. The van der Waals surface area contributed by atoms with Crippen molar-refractivity contribution in [1.82, 2.24) is 19.9 Å². The summed E-state index contributed by atoms with van der Waals surface area (Å²) in [5.41, 5.74) is 0.763. The Hall–Kier alpha value is -1.82. The largest absolute Gasteiger partial charge is 0.356 e. The van der Waals surface area contributed by atoms with Crippen LogP contribution in [0, 0.1) is 5.92 Å². The fourth-order valence-electron chi connectivity index (χ4n) is 2.97. The Labute approximate surface area is 140 Å². The van der Waals surface area contributed by atoms with Crippen molar-refractivity contribution in [3.63, 3.8) is 0 Å². The van der Waals surface area contributed by atoms with Gasteiger partial charge in [0.1, 0.15) is 0 Å². The number of unbranched alkanes of at least 4 members (excludes halogenated alkanes) is 1. The monoisotopic (exact) mass is 335 g/mol. The summed E-state index contributed by atoms with van der Waals surface area (Å²) >= 11 is 6.08. The molecule has 1 saturated heterocycles. The van der Waals surface area contributed by atoms with Crippen LogP contribution in [-0.4, -0.2) is 40.1 Å². The summed E-state index contributed by atoms with van der Waals surface area (Å²) in [5, 5.41) is 12.1. The molecule has 0 aliphatic carbocycles. The van der Waals surface area contributed by atoms with Gasteiger partial charge in [-0.2, -0.15) is 0 Å². The molecule has 0 unspecified atom stereocenters. The molecule has 23 heavy (non-hydrogen) atoms. The van der Waals surface area contributed by atoms with Crippen molar-refractivity contribution in [2.75, 3.05) is 24.5 Å². The van der Waals surface area contributed by atoms with E-state index in [-0.39, 0.29) is 11.8 Å². The van der Waals surface area contributed by atoms with Crippen molar-refractivity contribution in [2.45, 2.75) is 32.6 Å². The third-order valence-corrected chi connectivity index (χ3v) is 4.48. The summed E-state index contributed by atoms with van der Waals surface area (Å²) < 4.78 is 1.89. The Kier molecular flexibility index (Phi) is 5.00. The van der Waals surface area contributed by atoms with Crippen LogP contribution >= 0.6 is 11.6 Å². The van der Waals surface area contributed by atoms with E-state index in [1.165, 1.54) is 0 Å². The number of halogens is 1. The zero-order valence-electron chi connectivity index (χ0n) is 13.3. The summed E-state index contributed by atoms with van der Waals surface area (Å²) in [7, 11) is 0. The molecule has 1 atom stereocenters. The number of amides is 1.